The second-order valence-corrected chi connectivity index (χ2v) is 5.28. The fraction of sp³-hybridized carbons (Fsp3) is 0.556. The fourth-order valence-electron chi connectivity index (χ4n) is 0.933. The van der Waals surface area contributed by atoms with Crippen molar-refractivity contribution in [3.8, 4) is 0 Å². The minimum atomic E-state index is 0.710. The van der Waals surface area contributed by atoms with Crippen molar-refractivity contribution in [2.24, 2.45) is 5.92 Å². The zero-order chi connectivity index (χ0) is 8.43. The van der Waals surface area contributed by atoms with E-state index in [4.69, 9.17) is 0 Å². The average Bonchev–Trinajstić information content (AvgIpc) is 2.33. The van der Waals surface area contributed by atoms with Crippen molar-refractivity contribution in [2.45, 2.75) is 26.7 Å². The summed E-state index contributed by atoms with van der Waals surface area (Å²) in [5.41, 5.74) is 0. The average molecular weight is 280 g/mol. The summed E-state index contributed by atoms with van der Waals surface area (Å²) >= 11 is 4.29. The van der Waals surface area contributed by atoms with Crippen LogP contribution in [0.15, 0.2) is 11.4 Å². The van der Waals surface area contributed by atoms with E-state index in [1.54, 1.807) is 4.88 Å². The molecule has 0 amide bonds. The van der Waals surface area contributed by atoms with E-state index in [1.807, 2.05) is 11.3 Å². The van der Waals surface area contributed by atoms with Gasteiger partial charge in [-0.3, -0.25) is 0 Å². The smallest absolute Gasteiger partial charge is 0.0272 e. The summed E-state index contributed by atoms with van der Waals surface area (Å²) < 4.78 is 1.42. The number of hydrogen-bond donors (Lipinski definition) is 0. The molecule has 0 saturated heterocycles. The Morgan fingerprint density at radius 3 is 2.36 bits per heavy atom. The standard InChI is InChI=1S/C9H13IS/c1-6(2)7(3)9-8(10)4-5-11-9/h4-7H,1-3H3/t7-/m1/s1. The molecule has 1 rings (SSSR count). The van der Waals surface area contributed by atoms with Gasteiger partial charge in [0.25, 0.3) is 0 Å². The first-order valence-corrected chi connectivity index (χ1v) is 5.81. The monoisotopic (exact) mass is 280 g/mol. The third-order valence-corrected chi connectivity index (χ3v) is 4.48. The van der Waals surface area contributed by atoms with Crippen LogP contribution in [0.2, 0.25) is 0 Å². The van der Waals surface area contributed by atoms with Crippen LogP contribution in [0, 0.1) is 9.49 Å². The normalized spacial score (nSPS) is 13.9. The van der Waals surface area contributed by atoms with E-state index < -0.39 is 0 Å². The first kappa shape index (κ1) is 9.52. The summed E-state index contributed by atoms with van der Waals surface area (Å²) in [6.07, 6.45) is 0. The maximum atomic E-state index is 2.41. The van der Waals surface area contributed by atoms with E-state index in [-0.39, 0.29) is 0 Å². The molecule has 62 valence electrons. The molecule has 0 aliphatic heterocycles. The van der Waals surface area contributed by atoms with E-state index in [0.29, 0.717) is 5.92 Å². The lowest BCUT2D eigenvalue weighted by molar-refractivity contribution is 0.541. The van der Waals surface area contributed by atoms with E-state index >= 15 is 0 Å². The van der Waals surface area contributed by atoms with Crippen LogP contribution in [0.3, 0.4) is 0 Å². The first-order chi connectivity index (χ1) is 5.13. The van der Waals surface area contributed by atoms with Crippen LogP contribution in [0.4, 0.5) is 0 Å². The Balaban J connectivity index is 2.84. The highest BCUT2D eigenvalue weighted by atomic mass is 127. The van der Waals surface area contributed by atoms with Gasteiger partial charge < -0.3 is 0 Å². The minimum Gasteiger partial charge on any atom is -0.147 e. The van der Waals surface area contributed by atoms with Crippen LogP contribution in [0.5, 0.6) is 0 Å². The number of hydrogen-bond acceptors (Lipinski definition) is 1. The van der Waals surface area contributed by atoms with Gasteiger partial charge in [-0.1, -0.05) is 20.8 Å². The van der Waals surface area contributed by atoms with Crippen molar-refractivity contribution in [3.05, 3.63) is 19.9 Å². The second-order valence-electron chi connectivity index (χ2n) is 3.17. The summed E-state index contributed by atoms with van der Waals surface area (Å²) in [6.45, 7) is 6.86. The summed E-state index contributed by atoms with van der Waals surface area (Å²) in [5.74, 6) is 1.46. The van der Waals surface area contributed by atoms with Crippen molar-refractivity contribution >= 4 is 33.9 Å². The molecule has 0 N–H and O–H groups in total. The Morgan fingerprint density at radius 1 is 1.36 bits per heavy atom. The maximum Gasteiger partial charge on any atom is 0.0272 e. The van der Waals surface area contributed by atoms with Crippen LogP contribution in [0.25, 0.3) is 0 Å². The Kier molecular flexibility index (Phi) is 3.37. The number of rotatable bonds is 2. The molecule has 0 saturated carbocycles. The number of thiophene rings is 1. The second kappa shape index (κ2) is 3.90. The van der Waals surface area contributed by atoms with E-state index in [2.05, 4.69) is 54.8 Å². The fourth-order valence-corrected chi connectivity index (χ4v) is 3.25. The maximum absolute atomic E-state index is 2.41. The quantitative estimate of drug-likeness (QED) is 0.715. The Bertz CT molecular complexity index is 227. The zero-order valence-electron chi connectivity index (χ0n) is 7.10. The van der Waals surface area contributed by atoms with Crippen molar-refractivity contribution < 1.29 is 0 Å². The number of halogens is 1. The highest BCUT2D eigenvalue weighted by Crippen LogP contribution is 2.31. The van der Waals surface area contributed by atoms with Gasteiger partial charge in [0, 0.05) is 8.45 Å². The molecular formula is C9H13IS. The van der Waals surface area contributed by atoms with Crippen molar-refractivity contribution in [1.29, 1.82) is 0 Å². The van der Waals surface area contributed by atoms with Gasteiger partial charge in [0.2, 0.25) is 0 Å². The summed E-state index contributed by atoms with van der Waals surface area (Å²) in [6, 6.07) is 2.19. The molecule has 0 radical (unpaired) electrons. The van der Waals surface area contributed by atoms with E-state index in [1.165, 1.54) is 3.57 Å². The predicted molar refractivity (Wildman–Crippen MR) is 60.3 cm³/mol. The van der Waals surface area contributed by atoms with Crippen molar-refractivity contribution in [3.63, 3.8) is 0 Å². The molecule has 0 fully saturated rings. The van der Waals surface area contributed by atoms with Crippen LogP contribution in [-0.2, 0) is 0 Å². The molecule has 2 heteroatoms. The molecule has 1 aromatic rings. The third-order valence-electron chi connectivity index (χ3n) is 2.06. The van der Waals surface area contributed by atoms with Gasteiger partial charge in [-0.25, -0.2) is 0 Å². The zero-order valence-corrected chi connectivity index (χ0v) is 10.1. The molecule has 0 aliphatic rings. The van der Waals surface area contributed by atoms with Crippen LogP contribution in [0.1, 0.15) is 31.6 Å². The molecule has 0 bridgehead atoms. The van der Waals surface area contributed by atoms with Crippen LogP contribution >= 0.6 is 33.9 Å². The van der Waals surface area contributed by atoms with Gasteiger partial charge in [0.05, 0.1) is 0 Å². The van der Waals surface area contributed by atoms with Crippen molar-refractivity contribution in [2.75, 3.05) is 0 Å². The molecule has 1 atom stereocenters. The molecule has 0 unspecified atom stereocenters. The summed E-state index contributed by atoms with van der Waals surface area (Å²) in [4.78, 5) is 1.54. The highest BCUT2D eigenvalue weighted by molar-refractivity contribution is 14.1. The van der Waals surface area contributed by atoms with E-state index in [0.717, 1.165) is 5.92 Å². The lowest BCUT2D eigenvalue weighted by atomic mass is 9.97. The largest absolute Gasteiger partial charge is 0.147 e. The van der Waals surface area contributed by atoms with E-state index in [9.17, 15) is 0 Å². The first-order valence-electron chi connectivity index (χ1n) is 3.85. The van der Waals surface area contributed by atoms with Gasteiger partial charge in [0.1, 0.15) is 0 Å². The molecule has 0 spiro atoms. The van der Waals surface area contributed by atoms with Gasteiger partial charge in [-0.2, -0.15) is 0 Å². The molecule has 1 aromatic heterocycles. The third kappa shape index (κ3) is 2.18. The van der Waals surface area contributed by atoms with Gasteiger partial charge in [-0.15, -0.1) is 11.3 Å². The SMILES string of the molecule is CC(C)[C@@H](C)c1sccc1I. The molecule has 0 aromatic carbocycles. The van der Waals surface area contributed by atoms with Gasteiger partial charge in [0.15, 0.2) is 0 Å². The Labute approximate surface area is 86.2 Å². The topological polar surface area (TPSA) is 0 Å². The van der Waals surface area contributed by atoms with Crippen molar-refractivity contribution in [1.82, 2.24) is 0 Å². The van der Waals surface area contributed by atoms with Crippen LogP contribution < -0.4 is 0 Å². The van der Waals surface area contributed by atoms with Gasteiger partial charge in [-0.05, 0) is 45.9 Å². The Hall–Kier alpha value is 0.430. The van der Waals surface area contributed by atoms with Gasteiger partial charge >= 0.3 is 0 Å². The summed E-state index contributed by atoms with van der Waals surface area (Å²) in [7, 11) is 0. The Morgan fingerprint density at radius 2 is 2.00 bits per heavy atom. The molecule has 0 nitrogen and oxygen atoms in total. The minimum absolute atomic E-state index is 0.710. The summed E-state index contributed by atoms with van der Waals surface area (Å²) in [5, 5.41) is 2.18. The molecule has 11 heavy (non-hydrogen) atoms. The lowest BCUT2D eigenvalue weighted by Gasteiger charge is -2.13. The molecule has 0 aliphatic carbocycles. The highest BCUT2D eigenvalue weighted by Gasteiger charge is 2.13. The lowest BCUT2D eigenvalue weighted by Crippen LogP contribution is -2.00. The predicted octanol–water partition coefficient (Wildman–Crippen LogP) is 4.11. The van der Waals surface area contributed by atoms with Crippen LogP contribution in [-0.4, -0.2) is 0 Å². The molecule has 1 heterocycles. The molecular weight excluding hydrogens is 267 g/mol.